The highest BCUT2D eigenvalue weighted by Crippen LogP contribution is 2.19. The standard InChI is InChI=1S/C13H14F2N2O3/c14-9-2-10(15)4-11(3-9)16-12(18)7-17-5-8(6-17)1-13(19)20/h2-4,8H,1,5-7H2,(H,16,18)(H,19,20). The lowest BCUT2D eigenvalue weighted by molar-refractivity contribution is -0.139. The number of rotatable bonds is 5. The van der Waals surface area contributed by atoms with E-state index < -0.39 is 17.6 Å². The van der Waals surface area contributed by atoms with Crippen molar-refractivity contribution in [1.82, 2.24) is 4.90 Å². The third-order valence-electron chi connectivity index (χ3n) is 3.01. The Morgan fingerprint density at radius 2 is 1.85 bits per heavy atom. The summed E-state index contributed by atoms with van der Waals surface area (Å²) in [4.78, 5) is 23.9. The number of carboxylic acids is 1. The molecule has 5 nitrogen and oxygen atoms in total. The average molecular weight is 284 g/mol. The maximum absolute atomic E-state index is 12.9. The SMILES string of the molecule is O=C(O)CC1CN(CC(=O)Nc2cc(F)cc(F)c2)C1. The molecule has 0 spiro atoms. The van der Waals surface area contributed by atoms with Crippen LogP contribution in [0.2, 0.25) is 0 Å². The largest absolute Gasteiger partial charge is 0.481 e. The highest BCUT2D eigenvalue weighted by Gasteiger charge is 2.29. The van der Waals surface area contributed by atoms with Gasteiger partial charge in [0.2, 0.25) is 5.91 Å². The highest BCUT2D eigenvalue weighted by atomic mass is 19.1. The van der Waals surface area contributed by atoms with Gasteiger partial charge in [0.1, 0.15) is 11.6 Å². The average Bonchev–Trinajstić information content (AvgIpc) is 2.23. The molecule has 1 fully saturated rings. The first kappa shape index (κ1) is 14.4. The molecule has 1 aliphatic heterocycles. The molecule has 1 heterocycles. The van der Waals surface area contributed by atoms with Crippen molar-refractivity contribution in [1.29, 1.82) is 0 Å². The third-order valence-corrected chi connectivity index (χ3v) is 3.01. The first-order valence-electron chi connectivity index (χ1n) is 6.12. The van der Waals surface area contributed by atoms with Gasteiger partial charge in [0, 0.05) is 24.8 Å². The fourth-order valence-electron chi connectivity index (χ4n) is 2.21. The van der Waals surface area contributed by atoms with Crippen molar-refractivity contribution < 1.29 is 23.5 Å². The van der Waals surface area contributed by atoms with E-state index in [9.17, 15) is 18.4 Å². The van der Waals surface area contributed by atoms with Crippen molar-refractivity contribution >= 4 is 17.6 Å². The van der Waals surface area contributed by atoms with Crippen LogP contribution in [0.5, 0.6) is 0 Å². The van der Waals surface area contributed by atoms with Crippen molar-refractivity contribution in [3.05, 3.63) is 29.8 Å². The summed E-state index contributed by atoms with van der Waals surface area (Å²) in [7, 11) is 0. The molecule has 0 aliphatic carbocycles. The van der Waals surface area contributed by atoms with Crippen LogP contribution >= 0.6 is 0 Å². The summed E-state index contributed by atoms with van der Waals surface area (Å²) in [6, 6.07) is 2.79. The van der Waals surface area contributed by atoms with Crippen LogP contribution in [0, 0.1) is 17.6 Å². The zero-order valence-electron chi connectivity index (χ0n) is 10.6. The second-order valence-corrected chi connectivity index (χ2v) is 4.86. The molecule has 2 N–H and O–H groups in total. The van der Waals surface area contributed by atoms with Crippen LogP contribution in [0.1, 0.15) is 6.42 Å². The Morgan fingerprint density at radius 1 is 1.25 bits per heavy atom. The highest BCUT2D eigenvalue weighted by molar-refractivity contribution is 5.92. The molecule has 1 aromatic carbocycles. The van der Waals surface area contributed by atoms with Crippen molar-refractivity contribution in [2.24, 2.45) is 5.92 Å². The van der Waals surface area contributed by atoms with Crippen LogP contribution in [0.15, 0.2) is 18.2 Å². The van der Waals surface area contributed by atoms with E-state index >= 15 is 0 Å². The minimum absolute atomic E-state index is 0.0620. The van der Waals surface area contributed by atoms with E-state index in [2.05, 4.69) is 5.32 Å². The number of anilines is 1. The quantitative estimate of drug-likeness (QED) is 0.855. The van der Waals surface area contributed by atoms with Gasteiger partial charge in [0.05, 0.1) is 13.0 Å². The van der Waals surface area contributed by atoms with Crippen molar-refractivity contribution in [3.63, 3.8) is 0 Å². The number of carboxylic acid groups (broad SMARTS) is 1. The molecule has 1 aromatic rings. The van der Waals surface area contributed by atoms with Crippen molar-refractivity contribution in [2.45, 2.75) is 6.42 Å². The summed E-state index contributed by atoms with van der Waals surface area (Å²) >= 11 is 0. The van der Waals surface area contributed by atoms with Gasteiger partial charge in [-0.3, -0.25) is 14.5 Å². The Bertz CT molecular complexity index is 510. The van der Waals surface area contributed by atoms with Gasteiger partial charge in [-0.1, -0.05) is 0 Å². The van der Waals surface area contributed by atoms with Crippen LogP contribution in [-0.2, 0) is 9.59 Å². The van der Waals surface area contributed by atoms with Crippen LogP contribution in [-0.4, -0.2) is 41.5 Å². The fourth-order valence-corrected chi connectivity index (χ4v) is 2.21. The second-order valence-electron chi connectivity index (χ2n) is 4.86. The molecule has 0 aromatic heterocycles. The number of carbonyl (C=O) groups is 2. The van der Waals surface area contributed by atoms with Gasteiger partial charge in [0.15, 0.2) is 0 Å². The Morgan fingerprint density at radius 3 is 2.40 bits per heavy atom. The van der Waals surface area contributed by atoms with Gasteiger partial charge >= 0.3 is 5.97 Å². The maximum atomic E-state index is 12.9. The molecular weight excluding hydrogens is 270 g/mol. The van der Waals surface area contributed by atoms with E-state index in [0.717, 1.165) is 18.2 Å². The number of aliphatic carboxylic acids is 1. The molecule has 0 atom stereocenters. The topological polar surface area (TPSA) is 69.6 Å². The number of benzene rings is 1. The molecule has 0 unspecified atom stereocenters. The Labute approximate surface area is 114 Å². The minimum atomic E-state index is -0.852. The molecule has 20 heavy (non-hydrogen) atoms. The van der Waals surface area contributed by atoms with E-state index in [1.54, 1.807) is 4.90 Å². The monoisotopic (exact) mass is 284 g/mol. The first-order valence-corrected chi connectivity index (χ1v) is 6.12. The lowest BCUT2D eigenvalue weighted by atomic mass is 9.96. The molecule has 2 rings (SSSR count). The molecule has 1 aliphatic rings. The third kappa shape index (κ3) is 3.99. The number of amides is 1. The van der Waals surface area contributed by atoms with Crippen LogP contribution in [0.4, 0.5) is 14.5 Å². The fraction of sp³-hybridized carbons (Fsp3) is 0.385. The van der Waals surface area contributed by atoms with E-state index in [1.807, 2.05) is 0 Å². The number of hydrogen-bond acceptors (Lipinski definition) is 3. The predicted octanol–water partition coefficient (Wildman–Crippen LogP) is 1.31. The molecule has 1 amide bonds. The van der Waals surface area contributed by atoms with Gasteiger partial charge < -0.3 is 10.4 Å². The predicted molar refractivity (Wildman–Crippen MR) is 67.2 cm³/mol. The summed E-state index contributed by atoms with van der Waals surface area (Å²) in [5, 5.41) is 11.0. The number of carbonyl (C=O) groups excluding carboxylic acids is 1. The summed E-state index contributed by atoms with van der Waals surface area (Å²) in [6.07, 6.45) is 0.0905. The Kier molecular flexibility index (Phi) is 4.29. The number of nitrogens with one attached hydrogen (secondary N) is 1. The second kappa shape index (κ2) is 5.96. The number of hydrogen-bond donors (Lipinski definition) is 2. The van der Waals surface area contributed by atoms with E-state index in [0.29, 0.717) is 13.1 Å². The molecule has 1 saturated heterocycles. The maximum Gasteiger partial charge on any atom is 0.303 e. The van der Waals surface area contributed by atoms with Crippen LogP contribution in [0.25, 0.3) is 0 Å². The van der Waals surface area contributed by atoms with E-state index in [1.165, 1.54) is 0 Å². The first-order chi connectivity index (χ1) is 9.42. The van der Waals surface area contributed by atoms with Gasteiger partial charge in [-0.2, -0.15) is 0 Å². The molecule has 0 bridgehead atoms. The number of halogens is 2. The molecular formula is C13H14F2N2O3. The molecule has 0 saturated carbocycles. The summed E-state index contributed by atoms with van der Waals surface area (Å²) < 4.78 is 25.9. The van der Waals surface area contributed by atoms with Crippen LogP contribution < -0.4 is 5.32 Å². The van der Waals surface area contributed by atoms with E-state index in [4.69, 9.17) is 5.11 Å². The lowest BCUT2D eigenvalue weighted by Gasteiger charge is -2.37. The minimum Gasteiger partial charge on any atom is -0.481 e. The van der Waals surface area contributed by atoms with Crippen molar-refractivity contribution in [2.75, 3.05) is 25.0 Å². The van der Waals surface area contributed by atoms with Gasteiger partial charge in [0.25, 0.3) is 0 Å². The van der Waals surface area contributed by atoms with Gasteiger partial charge in [-0.15, -0.1) is 0 Å². The van der Waals surface area contributed by atoms with Gasteiger partial charge in [-0.25, -0.2) is 8.78 Å². The lowest BCUT2D eigenvalue weighted by Crippen LogP contribution is -2.50. The molecule has 7 heteroatoms. The Balaban J connectivity index is 1.78. The molecule has 0 radical (unpaired) electrons. The number of nitrogens with zero attached hydrogens (tertiary/aromatic N) is 1. The normalized spacial score (nSPS) is 15.7. The van der Waals surface area contributed by atoms with Gasteiger partial charge in [-0.05, 0) is 18.1 Å². The smallest absolute Gasteiger partial charge is 0.303 e. The van der Waals surface area contributed by atoms with Crippen molar-refractivity contribution in [3.8, 4) is 0 Å². The Hall–Kier alpha value is -2.02. The zero-order chi connectivity index (χ0) is 14.7. The molecule has 108 valence electrons. The number of likely N-dealkylation sites (tertiary alicyclic amines) is 1. The van der Waals surface area contributed by atoms with E-state index in [-0.39, 0.29) is 30.5 Å². The zero-order valence-corrected chi connectivity index (χ0v) is 10.6. The summed E-state index contributed by atoms with van der Waals surface area (Å²) in [6.45, 7) is 1.16. The van der Waals surface area contributed by atoms with Crippen LogP contribution in [0.3, 0.4) is 0 Å². The summed E-state index contributed by atoms with van der Waals surface area (Å²) in [5.41, 5.74) is 0.0649. The summed E-state index contributed by atoms with van der Waals surface area (Å²) in [5.74, 6) is -2.69.